The average Bonchev–Trinajstić information content (AvgIpc) is 2.98. The van der Waals surface area contributed by atoms with Crippen LogP contribution in [0.15, 0.2) is 11.4 Å². The Hall–Kier alpha value is -1.41. The van der Waals surface area contributed by atoms with Gasteiger partial charge in [0.15, 0.2) is 17.2 Å². The van der Waals surface area contributed by atoms with E-state index < -0.39 is 52.2 Å². The van der Waals surface area contributed by atoms with E-state index in [-0.39, 0.29) is 54.1 Å². The van der Waals surface area contributed by atoms with Gasteiger partial charge in [-0.05, 0) is 62.6 Å². The lowest BCUT2D eigenvalue weighted by atomic mass is 9.45. The van der Waals surface area contributed by atoms with Gasteiger partial charge in [-0.2, -0.15) is 0 Å². The van der Waals surface area contributed by atoms with Crippen molar-refractivity contribution >= 4 is 29.0 Å². The maximum Gasteiger partial charge on any atom is 0.306 e. The van der Waals surface area contributed by atoms with Gasteiger partial charge in [0.25, 0.3) is 0 Å². The van der Waals surface area contributed by atoms with Crippen LogP contribution in [0.2, 0.25) is 0 Å². The zero-order chi connectivity index (χ0) is 25.2. The summed E-state index contributed by atoms with van der Waals surface area (Å²) in [6.07, 6.45) is -1.06. The summed E-state index contributed by atoms with van der Waals surface area (Å²) in [6.45, 7) is 9.60. The first-order chi connectivity index (χ1) is 15.9. The molecule has 4 aliphatic carbocycles. The summed E-state index contributed by atoms with van der Waals surface area (Å²) in [5.41, 5.74) is -2.99. The Morgan fingerprint density at radius 2 is 1.94 bits per heavy atom. The van der Waals surface area contributed by atoms with Crippen LogP contribution in [0, 0.1) is 34.5 Å². The Morgan fingerprint density at radius 3 is 2.56 bits per heavy atom. The standard InChI is InChI=1S/C26H36F2O5S/c1-6-19(31)33-26(23(34)32-7-2)13(3)10-15-14-11-16(27)21-22(28)17(29)8-9-24(21,4)20(14)18(30)12-25(15,26)5/h13-16,18,20,30H,6-12H2,1-5H3/t13-,14+,15+,16+,18+,20-,24-,25+,26+/m1/s1. The molecule has 1 N–H and O–H groups in total. The molecule has 3 fully saturated rings. The average molecular weight is 499 g/mol. The van der Waals surface area contributed by atoms with Gasteiger partial charge in [-0.25, -0.2) is 8.78 Å². The monoisotopic (exact) mass is 498 g/mol. The van der Waals surface area contributed by atoms with Gasteiger partial charge in [0.1, 0.15) is 6.17 Å². The minimum absolute atomic E-state index is 0.0132. The predicted octanol–water partition coefficient (Wildman–Crippen LogP) is 5.04. The number of ketones is 1. The van der Waals surface area contributed by atoms with Crippen LogP contribution in [0.25, 0.3) is 0 Å². The number of carbonyl (C=O) groups excluding carboxylic acids is 2. The zero-order valence-electron chi connectivity index (χ0n) is 20.7. The highest BCUT2D eigenvalue weighted by molar-refractivity contribution is 7.80. The topological polar surface area (TPSA) is 72.8 Å². The van der Waals surface area contributed by atoms with Crippen LogP contribution in [-0.2, 0) is 19.1 Å². The van der Waals surface area contributed by atoms with E-state index in [1.54, 1.807) is 13.8 Å². The largest absolute Gasteiger partial charge is 0.484 e. The van der Waals surface area contributed by atoms with Gasteiger partial charge in [0.2, 0.25) is 5.05 Å². The molecule has 4 aliphatic rings. The molecule has 0 radical (unpaired) electrons. The minimum Gasteiger partial charge on any atom is -0.484 e. The molecule has 0 heterocycles. The Morgan fingerprint density at radius 1 is 1.26 bits per heavy atom. The van der Waals surface area contributed by atoms with Crippen molar-refractivity contribution in [3.63, 3.8) is 0 Å². The van der Waals surface area contributed by atoms with E-state index in [0.717, 1.165) is 0 Å². The van der Waals surface area contributed by atoms with Crippen LogP contribution in [0.3, 0.4) is 0 Å². The maximum absolute atomic E-state index is 15.6. The number of fused-ring (bicyclic) bond motifs is 5. The number of carbonyl (C=O) groups is 2. The highest BCUT2D eigenvalue weighted by Crippen LogP contribution is 2.70. The van der Waals surface area contributed by atoms with E-state index in [4.69, 9.17) is 21.7 Å². The molecule has 0 aromatic heterocycles. The first kappa shape index (κ1) is 25.7. The smallest absolute Gasteiger partial charge is 0.306 e. The summed E-state index contributed by atoms with van der Waals surface area (Å²) in [5, 5.41) is 11.8. The molecule has 0 amide bonds. The SMILES string of the molecule is CCOC(=S)[C@@]1(OC(=O)CC)[C@H](C)C[C@H]2[C@@H]3C[C@H](F)C4=C(F)C(=O)CC[C@]4(C)[C@H]3[C@@H](O)C[C@@]21C. The van der Waals surface area contributed by atoms with Gasteiger partial charge in [-0.1, -0.05) is 27.7 Å². The second kappa shape index (κ2) is 8.61. The lowest BCUT2D eigenvalue weighted by Gasteiger charge is -2.61. The molecule has 9 atom stereocenters. The molecule has 0 saturated heterocycles. The number of esters is 1. The van der Waals surface area contributed by atoms with Crippen LogP contribution < -0.4 is 0 Å². The van der Waals surface area contributed by atoms with Gasteiger partial charge in [-0.15, -0.1) is 0 Å². The molecule has 5 nitrogen and oxygen atoms in total. The van der Waals surface area contributed by atoms with Crippen LogP contribution in [0.1, 0.15) is 73.1 Å². The van der Waals surface area contributed by atoms with Crippen LogP contribution >= 0.6 is 12.2 Å². The van der Waals surface area contributed by atoms with E-state index in [0.29, 0.717) is 19.4 Å². The third-order valence-corrected chi connectivity index (χ3v) is 10.1. The third kappa shape index (κ3) is 3.26. The fraction of sp³-hybridized carbons (Fsp3) is 0.808. The van der Waals surface area contributed by atoms with Gasteiger partial charge in [0.05, 0.1) is 12.7 Å². The van der Waals surface area contributed by atoms with Gasteiger partial charge in [0, 0.05) is 35.2 Å². The number of hydrogen-bond donors (Lipinski definition) is 1. The maximum atomic E-state index is 15.6. The molecule has 34 heavy (non-hydrogen) atoms. The van der Waals surface area contributed by atoms with Crippen molar-refractivity contribution in [1.82, 2.24) is 0 Å². The molecule has 0 aromatic carbocycles. The number of aliphatic hydroxyl groups excluding tert-OH is 1. The molecule has 3 saturated carbocycles. The summed E-state index contributed by atoms with van der Waals surface area (Å²) >= 11 is 5.71. The Bertz CT molecular complexity index is 936. The first-order valence-electron chi connectivity index (χ1n) is 12.5. The van der Waals surface area contributed by atoms with E-state index in [1.165, 1.54) is 0 Å². The third-order valence-electron chi connectivity index (χ3n) is 9.63. The molecular formula is C26H36F2O5S. The number of rotatable bonds is 4. The van der Waals surface area contributed by atoms with Gasteiger partial charge < -0.3 is 14.6 Å². The lowest BCUT2D eigenvalue weighted by molar-refractivity contribution is -0.191. The van der Waals surface area contributed by atoms with E-state index in [2.05, 4.69) is 0 Å². The summed E-state index contributed by atoms with van der Waals surface area (Å²) in [4.78, 5) is 24.7. The second-order valence-corrected chi connectivity index (χ2v) is 11.5. The number of Topliss-reactive ketones (excluding diaryl/α,β-unsaturated/α-hetero) is 1. The minimum atomic E-state index is -1.59. The Balaban J connectivity index is 1.83. The van der Waals surface area contributed by atoms with E-state index in [1.807, 2.05) is 20.8 Å². The van der Waals surface area contributed by atoms with Crippen molar-refractivity contribution in [2.75, 3.05) is 6.61 Å². The molecule has 0 bridgehead atoms. The second-order valence-electron chi connectivity index (χ2n) is 11.2. The molecular weight excluding hydrogens is 462 g/mol. The molecule has 0 spiro atoms. The quantitative estimate of drug-likeness (QED) is 0.433. The number of aliphatic hydroxyl groups is 1. The van der Waals surface area contributed by atoms with Gasteiger partial charge >= 0.3 is 5.97 Å². The van der Waals surface area contributed by atoms with Crippen LogP contribution in [0.4, 0.5) is 8.78 Å². The summed E-state index contributed by atoms with van der Waals surface area (Å²) in [6, 6.07) is 0. The highest BCUT2D eigenvalue weighted by Gasteiger charge is 2.73. The lowest BCUT2D eigenvalue weighted by Crippen LogP contribution is -2.64. The number of halogens is 2. The Labute approximate surface area is 205 Å². The first-order valence-corrected chi connectivity index (χ1v) is 12.9. The fourth-order valence-corrected chi connectivity index (χ4v) is 8.89. The van der Waals surface area contributed by atoms with E-state index >= 15 is 4.39 Å². The number of thiocarbonyl (C=S) groups is 1. The van der Waals surface area contributed by atoms with Crippen LogP contribution in [0.5, 0.6) is 0 Å². The summed E-state index contributed by atoms with van der Waals surface area (Å²) < 4.78 is 42.5. The zero-order valence-corrected chi connectivity index (χ0v) is 21.5. The highest BCUT2D eigenvalue weighted by atomic mass is 32.1. The number of alkyl halides is 1. The Kier molecular flexibility index (Phi) is 6.50. The molecule has 4 rings (SSSR count). The number of allylic oxidation sites excluding steroid dienone is 1. The fourth-order valence-electron chi connectivity index (χ4n) is 8.30. The van der Waals surface area contributed by atoms with Crippen LogP contribution in [-0.4, -0.2) is 46.4 Å². The number of hydrogen-bond acceptors (Lipinski definition) is 6. The van der Waals surface area contributed by atoms with E-state index in [9.17, 15) is 19.1 Å². The van der Waals surface area contributed by atoms with Crippen molar-refractivity contribution in [3.8, 4) is 0 Å². The van der Waals surface area contributed by atoms with Crippen molar-refractivity contribution in [2.24, 2.45) is 34.5 Å². The van der Waals surface area contributed by atoms with Crippen molar-refractivity contribution in [2.45, 2.75) is 91.0 Å². The molecule has 0 unspecified atom stereocenters. The number of ether oxygens (including phenoxy) is 2. The van der Waals surface area contributed by atoms with Crippen molar-refractivity contribution in [1.29, 1.82) is 0 Å². The van der Waals surface area contributed by atoms with Crippen molar-refractivity contribution < 1.29 is 33.0 Å². The van der Waals surface area contributed by atoms with Gasteiger partial charge in [-0.3, -0.25) is 9.59 Å². The molecule has 0 aliphatic heterocycles. The molecule has 8 heteroatoms. The summed E-state index contributed by atoms with van der Waals surface area (Å²) in [5.74, 6) is -2.98. The normalized spacial score (nSPS) is 45.8. The summed E-state index contributed by atoms with van der Waals surface area (Å²) in [7, 11) is 0. The molecule has 0 aromatic rings. The predicted molar refractivity (Wildman–Crippen MR) is 126 cm³/mol. The molecule has 190 valence electrons. The van der Waals surface area contributed by atoms with Crippen molar-refractivity contribution in [3.05, 3.63) is 11.4 Å².